The summed E-state index contributed by atoms with van der Waals surface area (Å²) in [5.74, 6) is 1.87. The number of hydrogen-bond acceptors (Lipinski definition) is 5. The van der Waals surface area contributed by atoms with Gasteiger partial charge < -0.3 is 0 Å². The Hall–Kier alpha value is -6.61. The smallest absolute Gasteiger partial charge is 0.164 e. The Morgan fingerprint density at radius 1 is 0.404 bits per heavy atom. The van der Waals surface area contributed by atoms with E-state index in [1.54, 1.807) is 0 Å². The van der Waals surface area contributed by atoms with Crippen LogP contribution >= 0.6 is 11.8 Å². The van der Waals surface area contributed by atoms with E-state index in [0.717, 1.165) is 38.9 Å². The monoisotopic (exact) mass is 680 g/mol. The van der Waals surface area contributed by atoms with Gasteiger partial charge in [-0.05, 0) is 74.8 Å². The van der Waals surface area contributed by atoms with Crippen molar-refractivity contribution in [3.63, 3.8) is 0 Å². The van der Waals surface area contributed by atoms with Gasteiger partial charge in [0, 0.05) is 26.5 Å². The van der Waals surface area contributed by atoms with Crippen molar-refractivity contribution in [3.05, 3.63) is 198 Å². The molecule has 0 saturated heterocycles. The van der Waals surface area contributed by atoms with Crippen LogP contribution < -0.4 is 0 Å². The Bertz CT molecular complexity index is 2630. The van der Waals surface area contributed by atoms with Crippen LogP contribution in [0, 0.1) is 11.3 Å². The molecule has 0 atom stereocenters. The van der Waals surface area contributed by atoms with Crippen molar-refractivity contribution in [2.75, 3.05) is 0 Å². The summed E-state index contributed by atoms with van der Waals surface area (Å²) in [6.45, 7) is 0. The van der Waals surface area contributed by atoms with Gasteiger partial charge >= 0.3 is 0 Å². The second-order valence-electron chi connectivity index (χ2n) is 13.1. The number of hydrogen-bond donors (Lipinski definition) is 0. The maximum atomic E-state index is 10.1. The van der Waals surface area contributed by atoms with E-state index in [9.17, 15) is 5.26 Å². The molecule has 0 amide bonds. The van der Waals surface area contributed by atoms with Crippen LogP contribution in [-0.4, -0.2) is 15.0 Å². The minimum absolute atomic E-state index is 0.602. The molecule has 1 aromatic heterocycles. The summed E-state index contributed by atoms with van der Waals surface area (Å²) < 4.78 is 0. The molecule has 2 aliphatic rings. The first-order valence-electron chi connectivity index (χ1n) is 17.3. The maximum absolute atomic E-state index is 10.1. The first-order chi connectivity index (χ1) is 25.7. The molecule has 0 unspecified atom stereocenters. The summed E-state index contributed by atoms with van der Waals surface area (Å²) in [7, 11) is 0. The normalized spacial score (nSPS) is 13.1. The van der Waals surface area contributed by atoms with Gasteiger partial charge in [-0.15, -0.1) is 0 Å². The molecule has 8 aromatic rings. The average Bonchev–Trinajstić information content (AvgIpc) is 3.50. The lowest BCUT2D eigenvalue weighted by atomic mass is 9.67. The van der Waals surface area contributed by atoms with Gasteiger partial charge in [-0.2, -0.15) is 5.26 Å². The molecule has 1 aliphatic carbocycles. The third-order valence-electron chi connectivity index (χ3n) is 10.2. The van der Waals surface area contributed by atoms with Crippen LogP contribution in [0.4, 0.5) is 0 Å². The second-order valence-corrected chi connectivity index (χ2v) is 14.1. The maximum Gasteiger partial charge on any atom is 0.164 e. The van der Waals surface area contributed by atoms with Crippen molar-refractivity contribution >= 4 is 11.8 Å². The fourth-order valence-corrected chi connectivity index (χ4v) is 9.19. The van der Waals surface area contributed by atoms with Gasteiger partial charge in [0.15, 0.2) is 17.5 Å². The highest BCUT2D eigenvalue weighted by atomic mass is 32.2. The van der Waals surface area contributed by atoms with Crippen molar-refractivity contribution in [3.8, 4) is 62.5 Å². The largest absolute Gasteiger partial charge is 0.208 e. The molecule has 0 bridgehead atoms. The topological polar surface area (TPSA) is 62.5 Å². The quantitative estimate of drug-likeness (QED) is 0.185. The third-order valence-corrected chi connectivity index (χ3v) is 11.4. The molecule has 0 fully saturated rings. The fourth-order valence-electron chi connectivity index (χ4n) is 7.99. The van der Waals surface area contributed by atoms with E-state index in [1.807, 2.05) is 84.6 Å². The molecule has 52 heavy (non-hydrogen) atoms. The minimum Gasteiger partial charge on any atom is -0.208 e. The Balaban J connectivity index is 1.23. The molecule has 0 N–H and O–H groups in total. The van der Waals surface area contributed by atoms with Crippen molar-refractivity contribution in [2.45, 2.75) is 15.2 Å². The summed E-state index contributed by atoms with van der Waals surface area (Å²) in [5.41, 5.74) is 12.1. The van der Waals surface area contributed by atoms with Gasteiger partial charge in [-0.1, -0.05) is 151 Å². The van der Waals surface area contributed by atoms with Crippen LogP contribution in [0.3, 0.4) is 0 Å². The highest BCUT2D eigenvalue weighted by Crippen LogP contribution is 2.62. The predicted molar refractivity (Wildman–Crippen MR) is 208 cm³/mol. The van der Waals surface area contributed by atoms with Crippen molar-refractivity contribution in [1.82, 2.24) is 15.0 Å². The second kappa shape index (κ2) is 12.0. The lowest BCUT2D eigenvalue weighted by molar-refractivity contribution is 0.722. The van der Waals surface area contributed by atoms with Crippen LogP contribution in [0.25, 0.3) is 56.4 Å². The Morgan fingerprint density at radius 2 is 0.904 bits per heavy atom. The number of nitrogens with zero attached hydrogens (tertiary/aromatic N) is 4. The highest BCUT2D eigenvalue weighted by molar-refractivity contribution is 7.99. The molecule has 1 spiro atoms. The van der Waals surface area contributed by atoms with E-state index in [4.69, 9.17) is 15.0 Å². The molecule has 0 saturated carbocycles. The number of rotatable bonds is 4. The Morgan fingerprint density at radius 3 is 1.52 bits per heavy atom. The van der Waals surface area contributed by atoms with Crippen molar-refractivity contribution < 1.29 is 0 Å². The molecular formula is C47H28N4S. The SMILES string of the molecule is N#Cc1ccc2c(c1)C1(c3ccccc3Sc3ccccc31)c1cc(-c3ccccc3-c3nc(-c4ccccc4)nc(-c4ccccc4)n3)ccc1-2. The highest BCUT2D eigenvalue weighted by Gasteiger charge is 2.50. The molecule has 4 nitrogen and oxygen atoms in total. The van der Waals surface area contributed by atoms with Crippen LogP contribution in [0.1, 0.15) is 27.8 Å². The average molecular weight is 681 g/mol. The van der Waals surface area contributed by atoms with Gasteiger partial charge in [0.05, 0.1) is 17.0 Å². The van der Waals surface area contributed by atoms with Gasteiger partial charge in [0.1, 0.15) is 0 Å². The van der Waals surface area contributed by atoms with E-state index >= 15 is 0 Å². The Kier molecular flexibility index (Phi) is 6.99. The summed E-state index contributed by atoms with van der Waals surface area (Å²) in [4.78, 5) is 17.6. The lowest BCUT2D eigenvalue weighted by Crippen LogP contribution is -2.32. The van der Waals surface area contributed by atoms with E-state index < -0.39 is 5.41 Å². The Labute approximate surface area is 306 Å². The molecule has 5 heteroatoms. The summed E-state index contributed by atoms with van der Waals surface area (Å²) in [6.07, 6.45) is 0. The van der Waals surface area contributed by atoms with E-state index in [2.05, 4.69) is 103 Å². The number of fused-ring (bicyclic) bond motifs is 9. The van der Waals surface area contributed by atoms with E-state index in [-0.39, 0.29) is 0 Å². The van der Waals surface area contributed by atoms with Crippen LogP contribution in [0.15, 0.2) is 180 Å². The summed E-state index contributed by atoms with van der Waals surface area (Å²) in [5, 5.41) is 10.1. The van der Waals surface area contributed by atoms with E-state index in [0.29, 0.717) is 23.0 Å². The lowest BCUT2D eigenvalue weighted by Gasteiger charge is -2.39. The third kappa shape index (κ3) is 4.59. The predicted octanol–water partition coefficient (Wildman–Crippen LogP) is 11.2. The molecule has 242 valence electrons. The van der Waals surface area contributed by atoms with Crippen LogP contribution in [0.2, 0.25) is 0 Å². The first-order valence-corrected chi connectivity index (χ1v) is 18.1. The van der Waals surface area contributed by atoms with Crippen LogP contribution in [0.5, 0.6) is 0 Å². The minimum atomic E-state index is -0.602. The fraction of sp³-hybridized carbons (Fsp3) is 0.0213. The first kappa shape index (κ1) is 30.2. The molecule has 0 radical (unpaired) electrons. The van der Waals surface area contributed by atoms with Gasteiger partial charge in [0.2, 0.25) is 0 Å². The molecular weight excluding hydrogens is 653 g/mol. The van der Waals surface area contributed by atoms with Crippen molar-refractivity contribution in [1.29, 1.82) is 5.26 Å². The zero-order chi connectivity index (χ0) is 34.6. The van der Waals surface area contributed by atoms with Gasteiger partial charge in [-0.3, -0.25) is 0 Å². The van der Waals surface area contributed by atoms with Crippen molar-refractivity contribution in [2.24, 2.45) is 0 Å². The van der Waals surface area contributed by atoms with E-state index in [1.165, 1.54) is 32.0 Å². The summed E-state index contributed by atoms with van der Waals surface area (Å²) >= 11 is 1.81. The number of nitriles is 1. The standard InChI is InChI=1S/C47H28N4S/c48-29-30-23-25-35-36-26-24-33(28-41(36)47(40(35)27-30)38-19-9-11-21-42(38)52-43-22-12-10-20-39(43)47)34-17-7-8-18-37(34)46-50-44(31-13-3-1-4-14-31)49-45(51-46)32-15-5-2-6-16-32/h1-28H. The molecule has 1 aliphatic heterocycles. The zero-order valence-corrected chi connectivity index (χ0v) is 28.7. The van der Waals surface area contributed by atoms with Gasteiger partial charge in [0.25, 0.3) is 0 Å². The number of aromatic nitrogens is 3. The zero-order valence-electron chi connectivity index (χ0n) is 27.9. The molecule has 7 aromatic carbocycles. The molecule has 10 rings (SSSR count). The summed E-state index contributed by atoms with van der Waals surface area (Å²) in [6, 6.07) is 61.5. The number of benzene rings is 7. The van der Waals surface area contributed by atoms with Crippen LogP contribution in [-0.2, 0) is 5.41 Å². The molecule has 2 heterocycles. The van der Waals surface area contributed by atoms with Gasteiger partial charge in [-0.25, -0.2) is 15.0 Å².